The number of rotatable bonds is 4. The summed E-state index contributed by atoms with van der Waals surface area (Å²) < 4.78 is 13.4. The molecule has 2 aromatic carbocycles. The highest BCUT2D eigenvalue weighted by Gasteiger charge is 2.03. The van der Waals surface area contributed by atoms with Gasteiger partial charge in [0.2, 0.25) is 0 Å². The van der Waals surface area contributed by atoms with Gasteiger partial charge in [-0.1, -0.05) is 18.2 Å². The number of hydrogen-bond acceptors (Lipinski definition) is 2. The average molecular weight is 269 g/mol. The van der Waals surface area contributed by atoms with E-state index in [4.69, 9.17) is 0 Å². The van der Waals surface area contributed by atoms with E-state index < -0.39 is 0 Å². The number of nitrogens with zero attached hydrogens (tertiary/aromatic N) is 1. The Kier molecular flexibility index (Phi) is 4.31. The summed E-state index contributed by atoms with van der Waals surface area (Å²) >= 11 is 0. The van der Waals surface area contributed by atoms with Gasteiger partial charge in [-0.2, -0.15) is 0 Å². The fourth-order valence-electron chi connectivity index (χ4n) is 1.80. The standard InChI is InChI=1S/C17H16FNO/c1-19(2)15-10-7-14(8-11-15)17(20)12-9-13-5-3-4-6-16(13)18/h3-12H,1-2H3. The van der Waals surface area contributed by atoms with Crippen molar-refractivity contribution in [2.45, 2.75) is 0 Å². The quantitative estimate of drug-likeness (QED) is 0.621. The number of hydrogen-bond donors (Lipinski definition) is 0. The normalized spacial score (nSPS) is 10.8. The first-order valence-electron chi connectivity index (χ1n) is 6.32. The summed E-state index contributed by atoms with van der Waals surface area (Å²) in [6.45, 7) is 0. The number of allylic oxidation sites excluding steroid dienone is 1. The molecule has 0 atom stereocenters. The van der Waals surface area contributed by atoms with Gasteiger partial charge in [-0.3, -0.25) is 4.79 Å². The van der Waals surface area contributed by atoms with Gasteiger partial charge in [0.15, 0.2) is 5.78 Å². The molecule has 0 saturated heterocycles. The molecule has 0 aliphatic heterocycles. The number of anilines is 1. The van der Waals surface area contributed by atoms with Crippen LogP contribution in [0.1, 0.15) is 15.9 Å². The van der Waals surface area contributed by atoms with Crippen LogP contribution in [0.2, 0.25) is 0 Å². The fourth-order valence-corrected chi connectivity index (χ4v) is 1.80. The molecule has 0 radical (unpaired) electrons. The molecule has 0 aliphatic carbocycles. The molecular weight excluding hydrogens is 253 g/mol. The maximum atomic E-state index is 13.4. The zero-order valence-corrected chi connectivity index (χ0v) is 11.5. The van der Waals surface area contributed by atoms with Gasteiger partial charge in [-0.05, 0) is 42.5 Å². The van der Waals surface area contributed by atoms with Crippen LogP contribution in [-0.4, -0.2) is 19.9 Å². The highest BCUT2D eigenvalue weighted by atomic mass is 19.1. The molecule has 0 spiro atoms. The van der Waals surface area contributed by atoms with Crippen LogP contribution >= 0.6 is 0 Å². The third kappa shape index (κ3) is 3.32. The highest BCUT2D eigenvalue weighted by Crippen LogP contribution is 2.14. The summed E-state index contributed by atoms with van der Waals surface area (Å²) in [6.07, 6.45) is 2.89. The summed E-state index contributed by atoms with van der Waals surface area (Å²) in [6, 6.07) is 13.7. The third-order valence-electron chi connectivity index (χ3n) is 2.99. The minimum atomic E-state index is -0.334. The van der Waals surface area contributed by atoms with Gasteiger partial charge in [0.25, 0.3) is 0 Å². The maximum absolute atomic E-state index is 13.4. The molecule has 2 aromatic rings. The molecule has 0 fully saturated rings. The first kappa shape index (κ1) is 14.0. The van der Waals surface area contributed by atoms with Gasteiger partial charge in [0.05, 0.1) is 0 Å². The lowest BCUT2D eigenvalue weighted by atomic mass is 10.1. The largest absolute Gasteiger partial charge is 0.378 e. The Morgan fingerprint density at radius 1 is 1.05 bits per heavy atom. The SMILES string of the molecule is CN(C)c1ccc(C(=O)C=Cc2ccccc2F)cc1. The van der Waals surface area contributed by atoms with Crippen molar-refractivity contribution in [1.29, 1.82) is 0 Å². The monoisotopic (exact) mass is 269 g/mol. The highest BCUT2D eigenvalue weighted by molar-refractivity contribution is 6.06. The summed E-state index contributed by atoms with van der Waals surface area (Å²) in [7, 11) is 3.88. The molecule has 2 rings (SSSR count). The van der Waals surface area contributed by atoms with E-state index in [0.29, 0.717) is 11.1 Å². The van der Waals surface area contributed by atoms with Crippen molar-refractivity contribution in [3.05, 3.63) is 71.6 Å². The van der Waals surface area contributed by atoms with E-state index in [9.17, 15) is 9.18 Å². The zero-order valence-electron chi connectivity index (χ0n) is 11.5. The summed E-state index contributed by atoms with van der Waals surface area (Å²) in [5.74, 6) is -0.474. The first-order valence-corrected chi connectivity index (χ1v) is 6.32. The van der Waals surface area contributed by atoms with Crippen LogP contribution in [0, 0.1) is 5.82 Å². The summed E-state index contributed by atoms with van der Waals surface area (Å²) in [5, 5.41) is 0. The van der Waals surface area contributed by atoms with Crippen LogP contribution in [0.5, 0.6) is 0 Å². The Morgan fingerprint density at radius 2 is 1.70 bits per heavy atom. The van der Waals surface area contributed by atoms with Crippen LogP contribution < -0.4 is 4.90 Å². The molecule has 0 bridgehead atoms. The van der Waals surface area contributed by atoms with Crippen molar-refractivity contribution in [1.82, 2.24) is 0 Å². The molecule has 0 amide bonds. The molecule has 3 heteroatoms. The summed E-state index contributed by atoms with van der Waals surface area (Å²) in [4.78, 5) is 13.9. The predicted molar refractivity (Wildman–Crippen MR) is 80.5 cm³/mol. The molecule has 0 unspecified atom stereocenters. The Balaban J connectivity index is 2.14. The lowest BCUT2D eigenvalue weighted by Crippen LogP contribution is -2.08. The van der Waals surface area contributed by atoms with Crippen LogP contribution in [0.25, 0.3) is 6.08 Å². The lowest BCUT2D eigenvalue weighted by Gasteiger charge is -2.11. The van der Waals surface area contributed by atoms with E-state index in [-0.39, 0.29) is 11.6 Å². The van der Waals surface area contributed by atoms with Crippen molar-refractivity contribution in [2.75, 3.05) is 19.0 Å². The number of carbonyl (C=O) groups is 1. The molecule has 0 aromatic heterocycles. The van der Waals surface area contributed by atoms with Crippen molar-refractivity contribution in [3.8, 4) is 0 Å². The van der Waals surface area contributed by atoms with Gasteiger partial charge in [-0.25, -0.2) is 4.39 Å². The molecule has 0 saturated carbocycles. The van der Waals surface area contributed by atoms with Crippen LogP contribution in [0.3, 0.4) is 0 Å². The second-order valence-corrected chi connectivity index (χ2v) is 4.66. The number of carbonyl (C=O) groups excluding carboxylic acids is 1. The number of halogens is 1. The number of benzene rings is 2. The Morgan fingerprint density at radius 3 is 2.30 bits per heavy atom. The van der Waals surface area contributed by atoms with Crippen molar-refractivity contribution >= 4 is 17.5 Å². The lowest BCUT2D eigenvalue weighted by molar-refractivity contribution is 0.104. The van der Waals surface area contributed by atoms with Crippen molar-refractivity contribution < 1.29 is 9.18 Å². The Hall–Kier alpha value is -2.42. The topological polar surface area (TPSA) is 20.3 Å². The molecule has 20 heavy (non-hydrogen) atoms. The van der Waals surface area contributed by atoms with Crippen molar-refractivity contribution in [3.63, 3.8) is 0 Å². The van der Waals surface area contributed by atoms with Gasteiger partial charge in [0.1, 0.15) is 5.82 Å². The van der Waals surface area contributed by atoms with E-state index in [1.54, 1.807) is 30.3 Å². The minimum absolute atomic E-state index is 0.140. The zero-order chi connectivity index (χ0) is 14.5. The molecule has 0 aliphatic rings. The van der Waals surface area contributed by atoms with Crippen LogP contribution in [-0.2, 0) is 0 Å². The first-order chi connectivity index (χ1) is 9.58. The van der Waals surface area contributed by atoms with E-state index in [0.717, 1.165) is 5.69 Å². The van der Waals surface area contributed by atoms with E-state index in [1.165, 1.54) is 18.2 Å². The average Bonchev–Trinajstić information content (AvgIpc) is 2.46. The minimum Gasteiger partial charge on any atom is -0.378 e. The summed E-state index contributed by atoms with van der Waals surface area (Å²) in [5.41, 5.74) is 2.02. The van der Waals surface area contributed by atoms with Gasteiger partial charge in [0, 0.05) is 30.9 Å². The Labute approximate surface area is 118 Å². The molecule has 102 valence electrons. The Bertz CT molecular complexity index is 630. The van der Waals surface area contributed by atoms with Gasteiger partial charge >= 0.3 is 0 Å². The maximum Gasteiger partial charge on any atom is 0.185 e. The van der Waals surface area contributed by atoms with E-state index in [1.807, 2.05) is 31.1 Å². The van der Waals surface area contributed by atoms with E-state index >= 15 is 0 Å². The molecule has 0 heterocycles. The number of ketones is 1. The smallest absolute Gasteiger partial charge is 0.185 e. The third-order valence-corrected chi connectivity index (χ3v) is 2.99. The fraction of sp³-hybridized carbons (Fsp3) is 0.118. The second kappa shape index (κ2) is 6.15. The van der Waals surface area contributed by atoms with Crippen LogP contribution in [0.15, 0.2) is 54.6 Å². The van der Waals surface area contributed by atoms with Gasteiger partial charge < -0.3 is 4.90 Å². The van der Waals surface area contributed by atoms with Crippen LogP contribution in [0.4, 0.5) is 10.1 Å². The van der Waals surface area contributed by atoms with E-state index in [2.05, 4.69) is 0 Å². The molecular formula is C17H16FNO. The predicted octanol–water partition coefficient (Wildman–Crippen LogP) is 3.79. The van der Waals surface area contributed by atoms with Crippen molar-refractivity contribution in [2.24, 2.45) is 0 Å². The second-order valence-electron chi connectivity index (χ2n) is 4.66. The van der Waals surface area contributed by atoms with Gasteiger partial charge in [-0.15, -0.1) is 0 Å². The molecule has 0 N–H and O–H groups in total. The molecule has 2 nitrogen and oxygen atoms in total.